The zero-order valence-electron chi connectivity index (χ0n) is 14.6. The van der Waals surface area contributed by atoms with Crippen molar-refractivity contribution in [2.24, 2.45) is 5.73 Å². The lowest BCUT2D eigenvalue weighted by atomic mass is 10.1. The minimum Gasteiger partial charge on any atom is -0.355 e. The highest BCUT2D eigenvalue weighted by molar-refractivity contribution is 5.88. The number of carbonyl (C=O) groups is 2. The van der Waals surface area contributed by atoms with Crippen LogP contribution in [0.4, 0.5) is 0 Å². The second-order valence-corrected chi connectivity index (χ2v) is 6.20. The molecule has 3 heterocycles. The van der Waals surface area contributed by atoms with Gasteiger partial charge in [0.25, 0.3) is 0 Å². The lowest BCUT2D eigenvalue weighted by Crippen LogP contribution is -2.46. The number of nitrogens with one attached hydrogen (secondary N) is 1. The van der Waals surface area contributed by atoms with E-state index in [0.717, 1.165) is 5.56 Å². The van der Waals surface area contributed by atoms with Gasteiger partial charge >= 0.3 is 0 Å². The van der Waals surface area contributed by atoms with E-state index in [1.807, 2.05) is 6.92 Å². The number of pyridine rings is 1. The van der Waals surface area contributed by atoms with Crippen LogP contribution in [-0.2, 0) is 16.0 Å². The standard InChI is InChI=1S/C17H22N6O3/c1-2-20-17(25)13-9-12(18)10-23(13)15(24)4-3-14-21-16(22-26-14)11-5-7-19-8-6-11/h5-8,12-13H,2-4,9-10,18H2,1H3,(H,20,25)/t12-,13-/m0/s1. The molecule has 3 rings (SSSR count). The molecule has 0 aromatic carbocycles. The molecular weight excluding hydrogens is 336 g/mol. The molecule has 0 spiro atoms. The maximum absolute atomic E-state index is 12.6. The highest BCUT2D eigenvalue weighted by Gasteiger charge is 2.37. The van der Waals surface area contributed by atoms with E-state index in [1.54, 1.807) is 29.4 Å². The average molecular weight is 358 g/mol. The summed E-state index contributed by atoms with van der Waals surface area (Å²) in [5.74, 6) is 0.533. The van der Waals surface area contributed by atoms with E-state index in [-0.39, 0.29) is 24.3 Å². The van der Waals surface area contributed by atoms with Crippen molar-refractivity contribution in [1.82, 2.24) is 25.3 Å². The van der Waals surface area contributed by atoms with Gasteiger partial charge < -0.3 is 20.5 Å². The fraction of sp³-hybridized carbons (Fsp3) is 0.471. The normalized spacial score (nSPS) is 19.5. The number of nitrogens with zero attached hydrogens (tertiary/aromatic N) is 4. The Morgan fingerprint density at radius 3 is 2.88 bits per heavy atom. The van der Waals surface area contributed by atoms with Crippen LogP contribution in [-0.4, -0.2) is 57.0 Å². The van der Waals surface area contributed by atoms with Gasteiger partial charge in [0.2, 0.25) is 23.5 Å². The molecule has 1 fully saturated rings. The van der Waals surface area contributed by atoms with E-state index in [9.17, 15) is 9.59 Å². The third-order valence-electron chi connectivity index (χ3n) is 4.27. The van der Waals surface area contributed by atoms with Crippen LogP contribution < -0.4 is 11.1 Å². The number of likely N-dealkylation sites (N-methyl/N-ethyl adjacent to an activating group) is 1. The van der Waals surface area contributed by atoms with Gasteiger partial charge in [-0.2, -0.15) is 4.98 Å². The molecule has 26 heavy (non-hydrogen) atoms. The summed E-state index contributed by atoms with van der Waals surface area (Å²) >= 11 is 0. The van der Waals surface area contributed by atoms with Crippen LogP contribution in [0.3, 0.4) is 0 Å². The van der Waals surface area contributed by atoms with Crippen LogP contribution in [0.5, 0.6) is 0 Å². The summed E-state index contributed by atoms with van der Waals surface area (Å²) in [6.07, 6.45) is 4.26. The Balaban J connectivity index is 1.60. The van der Waals surface area contributed by atoms with Crippen LogP contribution >= 0.6 is 0 Å². The SMILES string of the molecule is CCNC(=O)[C@@H]1C[C@H](N)CN1C(=O)CCc1nc(-c2ccncc2)no1. The first-order chi connectivity index (χ1) is 12.6. The van der Waals surface area contributed by atoms with Crippen molar-refractivity contribution in [3.8, 4) is 11.4 Å². The number of aromatic nitrogens is 3. The molecular formula is C17H22N6O3. The zero-order valence-corrected chi connectivity index (χ0v) is 14.6. The summed E-state index contributed by atoms with van der Waals surface area (Å²) in [5, 5.41) is 6.67. The zero-order chi connectivity index (χ0) is 18.5. The lowest BCUT2D eigenvalue weighted by Gasteiger charge is -2.23. The van der Waals surface area contributed by atoms with Gasteiger partial charge in [0.05, 0.1) is 0 Å². The number of hydrogen-bond donors (Lipinski definition) is 2. The summed E-state index contributed by atoms with van der Waals surface area (Å²) < 4.78 is 5.21. The van der Waals surface area contributed by atoms with Crippen molar-refractivity contribution in [2.45, 2.75) is 38.3 Å². The maximum atomic E-state index is 12.6. The van der Waals surface area contributed by atoms with Gasteiger partial charge in [0.1, 0.15) is 6.04 Å². The Morgan fingerprint density at radius 2 is 2.15 bits per heavy atom. The van der Waals surface area contributed by atoms with Crippen molar-refractivity contribution < 1.29 is 14.1 Å². The van der Waals surface area contributed by atoms with Crippen molar-refractivity contribution in [1.29, 1.82) is 0 Å². The molecule has 1 saturated heterocycles. The summed E-state index contributed by atoms with van der Waals surface area (Å²) in [4.78, 5) is 34.5. The maximum Gasteiger partial charge on any atom is 0.242 e. The van der Waals surface area contributed by atoms with Crippen molar-refractivity contribution in [3.05, 3.63) is 30.4 Å². The van der Waals surface area contributed by atoms with Crippen molar-refractivity contribution in [3.63, 3.8) is 0 Å². The third kappa shape index (κ3) is 4.05. The monoisotopic (exact) mass is 358 g/mol. The first kappa shape index (κ1) is 18.0. The minimum atomic E-state index is -0.507. The fourth-order valence-corrected chi connectivity index (χ4v) is 3.02. The van der Waals surface area contributed by atoms with Gasteiger partial charge in [-0.15, -0.1) is 0 Å². The largest absolute Gasteiger partial charge is 0.355 e. The van der Waals surface area contributed by atoms with Gasteiger partial charge in [-0.3, -0.25) is 14.6 Å². The molecule has 0 bridgehead atoms. The Kier molecular flexibility index (Phi) is 5.57. The number of rotatable bonds is 6. The highest BCUT2D eigenvalue weighted by Crippen LogP contribution is 2.19. The molecule has 0 radical (unpaired) electrons. The molecule has 138 valence electrons. The van der Waals surface area contributed by atoms with E-state index in [1.165, 1.54) is 0 Å². The number of amides is 2. The molecule has 0 saturated carbocycles. The summed E-state index contributed by atoms with van der Waals surface area (Å²) in [6.45, 7) is 2.74. The van der Waals surface area contributed by atoms with Crippen molar-refractivity contribution in [2.75, 3.05) is 13.1 Å². The molecule has 2 aromatic rings. The molecule has 2 amide bonds. The Labute approximate surface area is 151 Å². The Morgan fingerprint density at radius 1 is 1.38 bits per heavy atom. The average Bonchev–Trinajstić information content (AvgIpc) is 3.27. The van der Waals surface area contributed by atoms with Crippen molar-refractivity contribution >= 4 is 11.8 Å². The van der Waals surface area contributed by atoms with Crippen LogP contribution in [0, 0.1) is 0 Å². The Bertz CT molecular complexity index is 763. The molecule has 2 atom stereocenters. The number of aryl methyl sites for hydroxylation is 1. The molecule has 0 unspecified atom stereocenters. The van der Waals surface area contributed by atoms with Gasteiger partial charge in [-0.05, 0) is 25.5 Å². The summed E-state index contributed by atoms with van der Waals surface area (Å²) in [6, 6.07) is 2.87. The van der Waals surface area contributed by atoms with Gasteiger partial charge in [0, 0.05) is 49.9 Å². The molecule has 0 aliphatic carbocycles. The predicted octanol–water partition coefficient (Wildman–Crippen LogP) is 0.129. The number of nitrogens with two attached hydrogens (primary N) is 1. The molecule has 1 aliphatic heterocycles. The smallest absolute Gasteiger partial charge is 0.242 e. The minimum absolute atomic E-state index is 0.141. The van der Waals surface area contributed by atoms with E-state index in [2.05, 4.69) is 20.4 Å². The van der Waals surface area contributed by atoms with E-state index in [0.29, 0.717) is 37.6 Å². The van der Waals surface area contributed by atoms with Crippen LogP contribution in [0.1, 0.15) is 25.7 Å². The van der Waals surface area contributed by atoms with Gasteiger partial charge in [-0.1, -0.05) is 5.16 Å². The highest BCUT2D eigenvalue weighted by atomic mass is 16.5. The van der Waals surface area contributed by atoms with Gasteiger partial charge in [-0.25, -0.2) is 0 Å². The topological polar surface area (TPSA) is 127 Å². The molecule has 1 aliphatic rings. The predicted molar refractivity (Wildman–Crippen MR) is 92.6 cm³/mol. The molecule has 9 nitrogen and oxygen atoms in total. The quantitative estimate of drug-likeness (QED) is 0.751. The fourth-order valence-electron chi connectivity index (χ4n) is 3.02. The first-order valence-electron chi connectivity index (χ1n) is 8.64. The third-order valence-corrected chi connectivity index (χ3v) is 4.27. The van der Waals surface area contributed by atoms with E-state index >= 15 is 0 Å². The molecule has 2 aromatic heterocycles. The number of carbonyl (C=O) groups excluding carboxylic acids is 2. The number of hydrogen-bond acceptors (Lipinski definition) is 7. The second kappa shape index (κ2) is 8.05. The second-order valence-electron chi connectivity index (χ2n) is 6.20. The molecule has 9 heteroatoms. The summed E-state index contributed by atoms with van der Waals surface area (Å²) in [5.41, 5.74) is 6.74. The summed E-state index contributed by atoms with van der Waals surface area (Å²) in [7, 11) is 0. The van der Waals surface area contributed by atoms with E-state index in [4.69, 9.17) is 10.3 Å². The van der Waals surface area contributed by atoms with Gasteiger partial charge in [0.15, 0.2) is 0 Å². The Hall–Kier alpha value is -2.81. The first-order valence-corrected chi connectivity index (χ1v) is 8.64. The van der Waals surface area contributed by atoms with E-state index < -0.39 is 6.04 Å². The molecule has 3 N–H and O–H groups in total. The lowest BCUT2D eigenvalue weighted by molar-refractivity contribution is -0.138. The van der Waals surface area contributed by atoms with Crippen LogP contribution in [0.2, 0.25) is 0 Å². The number of likely N-dealkylation sites (tertiary alicyclic amines) is 1. The van der Waals surface area contributed by atoms with Crippen LogP contribution in [0.25, 0.3) is 11.4 Å². The van der Waals surface area contributed by atoms with Crippen LogP contribution in [0.15, 0.2) is 29.0 Å².